The molecule has 2 aliphatic heterocycles. The average molecular weight is 652 g/mol. The quantitative estimate of drug-likeness (QED) is 0.292. The molecule has 1 fully saturated rings. The third kappa shape index (κ3) is 6.52. The van der Waals surface area contributed by atoms with E-state index in [1.165, 1.54) is 17.7 Å². The summed E-state index contributed by atoms with van der Waals surface area (Å²) in [6.45, 7) is 3.05. The van der Waals surface area contributed by atoms with Crippen molar-refractivity contribution < 1.29 is 33.8 Å². The molecule has 42 heavy (non-hydrogen) atoms. The van der Waals surface area contributed by atoms with E-state index >= 15 is 0 Å². The summed E-state index contributed by atoms with van der Waals surface area (Å²) in [5.74, 6) is -0.918. The molecule has 3 aromatic carbocycles. The van der Waals surface area contributed by atoms with Crippen LogP contribution in [0.3, 0.4) is 0 Å². The molecule has 0 aromatic heterocycles. The number of amides is 3. The van der Waals surface area contributed by atoms with Gasteiger partial charge in [-0.1, -0.05) is 36.4 Å². The Labute approximate surface area is 255 Å². The summed E-state index contributed by atoms with van der Waals surface area (Å²) in [4.78, 5) is 52.9. The maximum Gasteiger partial charge on any atom is 0.335 e. The minimum Gasteiger partial charge on any atom is -0.490 e. The Kier molecular flexibility index (Phi) is 8.98. The number of benzene rings is 3. The van der Waals surface area contributed by atoms with Gasteiger partial charge in [-0.3, -0.25) is 19.3 Å². The third-order valence-electron chi connectivity index (χ3n) is 6.86. The van der Waals surface area contributed by atoms with Gasteiger partial charge in [0.05, 0.1) is 21.5 Å². The van der Waals surface area contributed by atoms with Gasteiger partial charge in [0.1, 0.15) is 13.2 Å². The number of aromatic carboxylic acids is 1. The van der Waals surface area contributed by atoms with E-state index in [4.69, 9.17) is 14.6 Å². The van der Waals surface area contributed by atoms with Crippen LogP contribution in [0, 0.1) is 0 Å². The topological polar surface area (TPSA) is 113 Å². The maximum absolute atomic E-state index is 13.2. The zero-order valence-electron chi connectivity index (χ0n) is 22.7. The van der Waals surface area contributed by atoms with E-state index in [0.29, 0.717) is 41.2 Å². The first-order valence-electron chi connectivity index (χ1n) is 13.2. The number of carboxylic acids is 1. The number of fused-ring (bicyclic) bond motifs is 1. The molecule has 2 heterocycles. The number of imide groups is 1. The van der Waals surface area contributed by atoms with Crippen LogP contribution in [0.4, 0.5) is 4.79 Å². The first kappa shape index (κ1) is 29.4. The Bertz CT molecular complexity index is 1590. The number of halogens is 1. The van der Waals surface area contributed by atoms with Crippen LogP contribution in [0.2, 0.25) is 0 Å². The molecule has 5 rings (SSSR count). The van der Waals surface area contributed by atoms with Crippen LogP contribution in [0.1, 0.15) is 39.5 Å². The van der Waals surface area contributed by atoms with Gasteiger partial charge in [-0.05, 0) is 93.6 Å². The van der Waals surface area contributed by atoms with Crippen molar-refractivity contribution in [3.8, 4) is 11.5 Å². The van der Waals surface area contributed by atoms with E-state index in [-0.39, 0.29) is 29.5 Å². The van der Waals surface area contributed by atoms with Gasteiger partial charge in [-0.2, -0.15) is 0 Å². The fourth-order valence-corrected chi connectivity index (χ4v) is 6.12. The van der Waals surface area contributed by atoms with E-state index in [9.17, 15) is 19.2 Å². The number of carbonyl (C=O) groups is 4. The summed E-state index contributed by atoms with van der Waals surface area (Å²) in [7, 11) is 0. The minimum atomic E-state index is -1.00. The second-order valence-electron chi connectivity index (χ2n) is 9.66. The van der Waals surface area contributed by atoms with Crippen molar-refractivity contribution in [2.45, 2.75) is 26.5 Å². The largest absolute Gasteiger partial charge is 0.490 e. The lowest BCUT2D eigenvalue weighted by molar-refractivity contribution is -0.136. The molecule has 0 radical (unpaired) electrons. The highest BCUT2D eigenvalue weighted by Gasteiger charge is 2.37. The van der Waals surface area contributed by atoms with Crippen molar-refractivity contribution in [1.82, 2.24) is 9.80 Å². The van der Waals surface area contributed by atoms with Crippen molar-refractivity contribution in [2.24, 2.45) is 0 Å². The van der Waals surface area contributed by atoms with Crippen molar-refractivity contribution >= 4 is 56.8 Å². The van der Waals surface area contributed by atoms with Crippen molar-refractivity contribution in [3.63, 3.8) is 0 Å². The van der Waals surface area contributed by atoms with Gasteiger partial charge in [0.15, 0.2) is 11.5 Å². The lowest BCUT2D eigenvalue weighted by atomic mass is 10.00. The molecule has 0 aliphatic carbocycles. The number of carboxylic acid groups (broad SMARTS) is 1. The Morgan fingerprint density at radius 2 is 1.79 bits per heavy atom. The van der Waals surface area contributed by atoms with Crippen LogP contribution in [0.25, 0.3) is 6.08 Å². The monoisotopic (exact) mass is 650 g/mol. The van der Waals surface area contributed by atoms with E-state index in [1.54, 1.807) is 35.2 Å². The standard InChI is InChI=1S/C31H27BrN2O7S/c1-2-40-25-14-20(13-24(32)28(25)41-18-19-7-9-22(10-8-19)30(37)38)15-26-29(36)34(31(39)42-26)17-27(35)33-12-11-21-5-3-4-6-23(21)16-33/h3-10,13-15H,2,11-12,16-18H2,1H3,(H,37,38)/b26-15-. The zero-order chi connectivity index (χ0) is 29.8. The predicted molar refractivity (Wildman–Crippen MR) is 161 cm³/mol. The number of hydrogen-bond acceptors (Lipinski definition) is 7. The van der Waals surface area contributed by atoms with Crippen molar-refractivity contribution in [2.75, 3.05) is 19.7 Å². The van der Waals surface area contributed by atoms with Crippen LogP contribution in [-0.2, 0) is 29.2 Å². The normalized spacial score (nSPS) is 15.6. The van der Waals surface area contributed by atoms with Gasteiger partial charge in [-0.15, -0.1) is 0 Å². The van der Waals surface area contributed by atoms with Crippen molar-refractivity contribution in [3.05, 3.63) is 97.9 Å². The Hall–Kier alpha value is -4.09. The number of nitrogens with zero attached hydrogens (tertiary/aromatic N) is 2. The fourth-order valence-electron chi connectivity index (χ4n) is 4.70. The molecular formula is C31H27BrN2O7S. The number of rotatable bonds is 9. The molecule has 216 valence electrons. The lowest BCUT2D eigenvalue weighted by Crippen LogP contribution is -2.44. The van der Waals surface area contributed by atoms with Gasteiger partial charge in [0.2, 0.25) is 5.91 Å². The number of hydrogen-bond donors (Lipinski definition) is 1. The van der Waals surface area contributed by atoms with E-state index in [0.717, 1.165) is 34.2 Å². The predicted octanol–water partition coefficient (Wildman–Crippen LogP) is 5.75. The smallest absolute Gasteiger partial charge is 0.335 e. The maximum atomic E-state index is 13.2. The molecular weight excluding hydrogens is 624 g/mol. The summed E-state index contributed by atoms with van der Waals surface area (Å²) >= 11 is 4.31. The number of carbonyl (C=O) groups excluding carboxylic acids is 3. The van der Waals surface area contributed by atoms with Gasteiger partial charge in [0.25, 0.3) is 11.1 Å². The summed E-state index contributed by atoms with van der Waals surface area (Å²) in [6.07, 6.45) is 2.33. The van der Waals surface area contributed by atoms with Gasteiger partial charge < -0.3 is 19.5 Å². The first-order valence-corrected chi connectivity index (χ1v) is 14.9. The number of ether oxygens (including phenoxy) is 2. The second-order valence-corrected chi connectivity index (χ2v) is 11.5. The Morgan fingerprint density at radius 3 is 2.50 bits per heavy atom. The molecule has 9 nitrogen and oxygen atoms in total. The molecule has 0 unspecified atom stereocenters. The summed E-state index contributed by atoms with van der Waals surface area (Å²) in [5.41, 5.74) is 3.85. The van der Waals surface area contributed by atoms with Crippen LogP contribution in [-0.4, -0.2) is 57.6 Å². The molecule has 11 heteroatoms. The highest BCUT2D eigenvalue weighted by molar-refractivity contribution is 9.10. The molecule has 0 saturated carbocycles. The third-order valence-corrected chi connectivity index (χ3v) is 8.36. The van der Waals surface area contributed by atoms with Gasteiger partial charge in [-0.25, -0.2) is 4.79 Å². The highest BCUT2D eigenvalue weighted by Crippen LogP contribution is 2.40. The first-order chi connectivity index (χ1) is 20.2. The SMILES string of the molecule is CCOc1cc(/C=C2\SC(=O)N(CC(=O)N3CCc4ccccc4C3)C2=O)cc(Br)c1OCc1ccc(C(=O)O)cc1. The van der Waals surface area contributed by atoms with E-state index < -0.39 is 17.1 Å². The second kappa shape index (κ2) is 12.8. The number of thioether (sulfide) groups is 1. The highest BCUT2D eigenvalue weighted by atomic mass is 79.9. The molecule has 3 aromatic rings. The van der Waals surface area contributed by atoms with Crippen molar-refractivity contribution in [1.29, 1.82) is 0 Å². The lowest BCUT2D eigenvalue weighted by Gasteiger charge is -2.29. The molecule has 0 atom stereocenters. The molecule has 0 spiro atoms. The van der Waals surface area contributed by atoms with Crippen LogP contribution < -0.4 is 9.47 Å². The van der Waals surface area contributed by atoms with E-state index in [2.05, 4.69) is 15.9 Å². The summed E-state index contributed by atoms with van der Waals surface area (Å²) in [5, 5.41) is 8.60. The van der Waals surface area contributed by atoms with E-state index in [1.807, 2.05) is 31.2 Å². The van der Waals surface area contributed by atoms with Crippen LogP contribution in [0.5, 0.6) is 11.5 Å². The minimum absolute atomic E-state index is 0.174. The summed E-state index contributed by atoms with van der Waals surface area (Å²) < 4.78 is 12.4. The molecule has 1 N–H and O–H groups in total. The van der Waals surface area contributed by atoms with Gasteiger partial charge >= 0.3 is 5.97 Å². The van der Waals surface area contributed by atoms with Crippen LogP contribution in [0.15, 0.2) is 70.0 Å². The average Bonchev–Trinajstić information content (AvgIpc) is 3.24. The Balaban J connectivity index is 1.28. The zero-order valence-corrected chi connectivity index (χ0v) is 25.1. The van der Waals surface area contributed by atoms with Gasteiger partial charge in [0, 0.05) is 13.1 Å². The Morgan fingerprint density at radius 1 is 1.05 bits per heavy atom. The molecule has 0 bridgehead atoms. The molecule has 1 saturated heterocycles. The fraction of sp³-hybridized carbons (Fsp3) is 0.226. The molecule has 2 aliphatic rings. The summed E-state index contributed by atoms with van der Waals surface area (Å²) in [6, 6.07) is 17.8. The van der Waals surface area contributed by atoms with Crippen LogP contribution >= 0.6 is 27.7 Å². The molecule has 3 amide bonds.